The number of aliphatic hydroxyl groups excluding tert-OH is 1. The van der Waals surface area contributed by atoms with Crippen molar-refractivity contribution in [2.75, 3.05) is 13.2 Å². The zero-order valence-corrected chi connectivity index (χ0v) is 13.7. The highest BCUT2D eigenvalue weighted by atomic mass is 16.5. The first-order valence-electron chi connectivity index (χ1n) is 9.34. The van der Waals surface area contributed by atoms with Gasteiger partial charge < -0.3 is 9.84 Å². The number of hydrogen-bond acceptors (Lipinski definition) is 3. The summed E-state index contributed by atoms with van der Waals surface area (Å²) in [4.78, 5) is 2.65. The van der Waals surface area contributed by atoms with Gasteiger partial charge in [0.25, 0.3) is 0 Å². The van der Waals surface area contributed by atoms with E-state index in [0.717, 1.165) is 24.3 Å². The largest absolute Gasteiger partial charge is 0.394 e. The molecule has 1 N–H and O–H groups in total. The van der Waals surface area contributed by atoms with Crippen molar-refractivity contribution in [3.05, 3.63) is 35.9 Å². The van der Waals surface area contributed by atoms with Gasteiger partial charge in [0.15, 0.2) is 0 Å². The molecular weight excluding hydrogens is 286 g/mol. The summed E-state index contributed by atoms with van der Waals surface area (Å²) in [5.74, 6) is 2.81. The third-order valence-electron chi connectivity index (χ3n) is 6.91. The topological polar surface area (TPSA) is 32.7 Å². The zero-order valence-electron chi connectivity index (χ0n) is 13.7. The minimum Gasteiger partial charge on any atom is -0.394 e. The number of rotatable bonds is 3. The fourth-order valence-electron chi connectivity index (χ4n) is 6.45. The molecule has 0 aromatic heterocycles. The van der Waals surface area contributed by atoms with Gasteiger partial charge in [-0.1, -0.05) is 30.3 Å². The first kappa shape index (κ1) is 14.4. The van der Waals surface area contributed by atoms with Crippen molar-refractivity contribution >= 4 is 0 Å². The lowest BCUT2D eigenvalue weighted by Crippen LogP contribution is -2.60. The highest BCUT2D eigenvalue weighted by Crippen LogP contribution is 2.59. The lowest BCUT2D eigenvalue weighted by atomic mass is 9.52. The van der Waals surface area contributed by atoms with E-state index in [4.69, 9.17) is 4.74 Å². The second-order valence-corrected chi connectivity index (χ2v) is 8.50. The molecule has 23 heavy (non-hydrogen) atoms. The van der Waals surface area contributed by atoms with Crippen molar-refractivity contribution in [1.82, 2.24) is 4.90 Å². The third-order valence-corrected chi connectivity index (χ3v) is 6.91. The number of nitrogens with zero attached hydrogens (tertiary/aromatic N) is 1. The van der Waals surface area contributed by atoms with E-state index in [1.165, 1.54) is 44.1 Å². The van der Waals surface area contributed by atoms with Gasteiger partial charge in [-0.3, -0.25) is 4.90 Å². The standard InChI is InChI=1S/C20H27NO2/c22-13-18-12-21(19(23-18)17-4-2-1-3-5-17)20-9-14-6-15(10-20)8-16(7-14)11-20/h1-5,14-16,18-19,22H,6-13H2/t14?,15?,16?,18-,19+,20?/m0/s1. The van der Waals surface area contributed by atoms with E-state index >= 15 is 0 Å². The Kier molecular flexibility index (Phi) is 3.33. The van der Waals surface area contributed by atoms with Gasteiger partial charge in [-0.15, -0.1) is 0 Å². The van der Waals surface area contributed by atoms with Crippen molar-refractivity contribution < 1.29 is 9.84 Å². The molecule has 124 valence electrons. The number of ether oxygens (including phenoxy) is 1. The van der Waals surface area contributed by atoms with Crippen LogP contribution in [0.4, 0.5) is 0 Å². The molecule has 1 aliphatic heterocycles. The Morgan fingerprint density at radius 2 is 1.61 bits per heavy atom. The minimum absolute atomic E-state index is 0.0320. The molecule has 1 aromatic carbocycles. The molecule has 0 radical (unpaired) electrons. The van der Waals surface area contributed by atoms with Gasteiger partial charge in [0.1, 0.15) is 6.23 Å². The molecule has 1 heterocycles. The molecule has 4 aliphatic carbocycles. The fourth-order valence-corrected chi connectivity index (χ4v) is 6.45. The van der Waals surface area contributed by atoms with E-state index < -0.39 is 0 Å². The van der Waals surface area contributed by atoms with Crippen LogP contribution in [0.1, 0.15) is 50.3 Å². The molecule has 3 nitrogen and oxygen atoms in total. The Hall–Kier alpha value is -0.900. The Balaban J connectivity index is 1.50. The molecule has 1 aromatic rings. The van der Waals surface area contributed by atoms with Gasteiger partial charge >= 0.3 is 0 Å². The van der Waals surface area contributed by atoms with E-state index in [1.807, 2.05) is 0 Å². The maximum absolute atomic E-state index is 9.68. The van der Waals surface area contributed by atoms with Crippen LogP contribution in [-0.4, -0.2) is 34.8 Å². The zero-order chi connectivity index (χ0) is 15.4. The summed E-state index contributed by atoms with van der Waals surface area (Å²) >= 11 is 0. The van der Waals surface area contributed by atoms with Crippen LogP contribution in [0.15, 0.2) is 30.3 Å². The van der Waals surface area contributed by atoms with E-state index in [1.54, 1.807) is 0 Å². The van der Waals surface area contributed by atoms with Crippen LogP contribution >= 0.6 is 0 Å². The van der Waals surface area contributed by atoms with Gasteiger partial charge in [0.2, 0.25) is 0 Å². The molecule has 0 amide bonds. The van der Waals surface area contributed by atoms with Crippen molar-refractivity contribution in [2.24, 2.45) is 17.8 Å². The highest BCUT2D eigenvalue weighted by Gasteiger charge is 2.56. The van der Waals surface area contributed by atoms with E-state index in [-0.39, 0.29) is 18.9 Å². The highest BCUT2D eigenvalue weighted by molar-refractivity contribution is 5.20. The Morgan fingerprint density at radius 1 is 1.00 bits per heavy atom. The second kappa shape index (κ2) is 5.30. The van der Waals surface area contributed by atoms with Crippen LogP contribution in [0.25, 0.3) is 0 Å². The normalized spacial score (nSPS) is 45.7. The van der Waals surface area contributed by atoms with Gasteiger partial charge in [0.05, 0.1) is 12.7 Å². The van der Waals surface area contributed by atoms with Crippen molar-refractivity contribution in [3.8, 4) is 0 Å². The lowest BCUT2D eigenvalue weighted by molar-refractivity contribution is -0.126. The molecule has 0 unspecified atom stereocenters. The van der Waals surface area contributed by atoms with Gasteiger partial charge in [-0.05, 0) is 61.8 Å². The second-order valence-electron chi connectivity index (χ2n) is 8.50. The van der Waals surface area contributed by atoms with E-state index in [9.17, 15) is 5.11 Å². The summed E-state index contributed by atoms with van der Waals surface area (Å²) in [7, 11) is 0. The fraction of sp³-hybridized carbons (Fsp3) is 0.700. The SMILES string of the molecule is OC[C@@H]1CN(C23CC4CC(CC(C4)C2)C3)[C@@H](c2ccccc2)O1. The number of hydrogen-bond donors (Lipinski definition) is 1. The molecule has 5 fully saturated rings. The van der Waals surface area contributed by atoms with Gasteiger partial charge in [-0.2, -0.15) is 0 Å². The molecular formula is C20H27NO2. The molecule has 1 saturated heterocycles. The Bertz CT molecular complexity index is 537. The van der Waals surface area contributed by atoms with Gasteiger partial charge in [0, 0.05) is 12.1 Å². The minimum atomic E-state index is -0.0341. The van der Waals surface area contributed by atoms with Crippen molar-refractivity contribution in [1.29, 1.82) is 0 Å². The van der Waals surface area contributed by atoms with Gasteiger partial charge in [-0.25, -0.2) is 0 Å². The van der Waals surface area contributed by atoms with Crippen LogP contribution in [0.5, 0.6) is 0 Å². The Morgan fingerprint density at radius 3 is 2.17 bits per heavy atom. The average molecular weight is 313 g/mol. The van der Waals surface area contributed by atoms with Crippen LogP contribution in [0.2, 0.25) is 0 Å². The predicted octanol–water partition coefficient (Wildman–Crippen LogP) is 3.35. The molecule has 0 spiro atoms. The molecule has 2 atom stereocenters. The predicted molar refractivity (Wildman–Crippen MR) is 88.8 cm³/mol. The summed E-state index contributed by atoms with van der Waals surface area (Å²) in [6, 6.07) is 10.6. The van der Waals surface area contributed by atoms with E-state index in [2.05, 4.69) is 35.2 Å². The maximum atomic E-state index is 9.68. The maximum Gasteiger partial charge on any atom is 0.137 e. The van der Waals surface area contributed by atoms with Crippen LogP contribution < -0.4 is 0 Å². The quantitative estimate of drug-likeness (QED) is 0.929. The number of aliphatic hydroxyl groups is 1. The lowest BCUT2D eigenvalue weighted by Gasteiger charge is -2.60. The molecule has 3 heteroatoms. The first-order chi connectivity index (χ1) is 11.3. The molecule has 5 aliphatic rings. The van der Waals surface area contributed by atoms with Crippen molar-refractivity contribution in [3.63, 3.8) is 0 Å². The van der Waals surface area contributed by atoms with Crippen molar-refractivity contribution in [2.45, 2.75) is 56.4 Å². The molecule has 4 saturated carbocycles. The summed E-state index contributed by atoms with van der Waals surface area (Å²) in [5.41, 5.74) is 1.58. The van der Waals surface area contributed by atoms with Crippen LogP contribution in [0.3, 0.4) is 0 Å². The smallest absolute Gasteiger partial charge is 0.137 e. The average Bonchev–Trinajstić information content (AvgIpc) is 3.00. The molecule has 6 rings (SSSR count). The summed E-state index contributed by atoms with van der Waals surface area (Å²) in [6.45, 7) is 1.02. The molecule has 4 bridgehead atoms. The first-order valence-corrected chi connectivity index (χ1v) is 9.34. The van der Waals surface area contributed by atoms with E-state index in [0.29, 0.717) is 5.54 Å². The summed E-state index contributed by atoms with van der Waals surface area (Å²) in [6.07, 6.45) is 8.45. The summed E-state index contributed by atoms with van der Waals surface area (Å²) < 4.78 is 6.27. The monoisotopic (exact) mass is 313 g/mol. The van der Waals surface area contributed by atoms with Crippen LogP contribution in [0, 0.1) is 17.8 Å². The Labute approximate surface area is 138 Å². The third kappa shape index (κ3) is 2.28. The van der Waals surface area contributed by atoms with Crippen LogP contribution in [-0.2, 0) is 4.74 Å². The number of benzene rings is 1. The summed E-state index contributed by atoms with van der Waals surface area (Å²) in [5, 5.41) is 9.68.